The zero-order valence-corrected chi connectivity index (χ0v) is 14.7. The molecule has 2 aliphatic rings. The van der Waals surface area contributed by atoms with Crippen LogP contribution in [0.3, 0.4) is 0 Å². The van der Waals surface area contributed by atoms with Gasteiger partial charge in [-0.3, -0.25) is 4.79 Å². The maximum Gasteiger partial charge on any atom is 0.254 e. The number of nitrogens with zero attached hydrogens (tertiary/aromatic N) is 4. The predicted octanol–water partition coefficient (Wildman–Crippen LogP) is 2.07. The highest BCUT2D eigenvalue weighted by atomic mass is 16.1. The second-order valence-electron chi connectivity index (χ2n) is 6.85. The molecule has 1 saturated heterocycles. The van der Waals surface area contributed by atoms with Gasteiger partial charge in [0.15, 0.2) is 0 Å². The molecule has 6 heteroatoms. The number of carbonyl (C=O) groups excluding carboxylic acids is 1. The molecule has 0 bridgehead atoms. The fourth-order valence-corrected chi connectivity index (χ4v) is 3.56. The molecule has 24 heavy (non-hydrogen) atoms. The predicted molar refractivity (Wildman–Crippen MR) is 95.3 cm³/mol. The van der Waals surface area contributed by atoms with Crippen LogP contribution in [0.15, 0.2) is 12.4 Å². The summed E-state index contributed by atoms with van der Waals surface area (Å²) in [5.41, 5.74) is 0.565. The molecule has 2 fully saturated rings. The Kier molecular flexibility index (Phi) is 6.01. The van der Waals surface area contributed by atoms with E-state index >= 15 is 0 Å². The lowest BCUT2D eigenvalue weighted by Crippen LogP contribution is -2.46. The van der Waals surface area contributed by atoms with Crippen LogP contribution < -0.4 is 10.2 Å². The standard InChI is InChI=1S/C18H29N5O/c1-2-22-9-11-23(12-10-22)18-19-13-15(14-20-18)17(24)21-16-7-5-3-4-6-8-16/h13-14,16H,2-12H2,1H3,(H,21,24). The summed E-state index contributed by atoms with van der Waals surface area (Å²) in [6.07, 6.45) is 10.5. The smallest absolute Gasteiger partial charge is 0.254 e. The lowest BCUT2D eigenvalue weighted by molar-refractivity contribution is 0.0932. The van der Waals surface area contributed by atoms with E-state index in [4.69, 9.17) is 0 Å². The van der Waals surface area contributed by atoms with Crippen molar-refractivity contribution in [2.24, 2.45) is 0 Å². The average molecular weight is 331 g/mol. The monoisotopic (exact) mass is 331 g/mol. The van der Waals surface area contributed by atoms with Crippen LogP contribution in [-0.4, -0.2) is 59.5 Å². The first-order valence-corrected chi connectivity index (χ1v) is 9.36. The third kappa shape index (κ3) is 4.44. The van der Waals surface area contributed by atoms with E-state index in [0.29, 0.717) is 11.6 Å². The highest BCUT2D eigenvalue weighted by Crippen LogP contribution is 2.18. The minimum Gasteiger partial charge on any atom is -0.349 e. The average Bonchev–Trinajstić information content (AvgIpc) is 2.90. The number of hydrogen-bond acceptors (Lipinski definition) is 5. The van der Waals surface area contributed by atoms with Gasteiger partial charge in [-0.1, -0.05) is 32.6 Å². The Labute approximate surface area is 144 Å². The summed E-state index contributed by atoms with van der Waals surface area (Å²) >= 11 is 0. The van der Waals surface area contributed by atoms with Crippen LogP contribution in [-0.2, 0) is 0 Å². The number of aromatic nitrogens is 2. The molecule has 2 heterocycles. The first-order valence-electron chi connectivity index (χ1n) is 9.36. The normalized spacial score (nSPS) is 20.6. The van der Waals surface area contributed by atoms with Gasteiger partial charge in [0.1, 0.15) is 0 Å². The van der Waals surface area contributed by atoms with Crippen LogP contribution in [0.2, 0.25) is 0 Å². The van der Waals surface area contributed by atoms with Crippen molar-refractivity contribution in [2.75, 3.05) is 37.6 Å². The Morgan fingerprint density at radius 2 is 1.71 bits per heavy atom. The molecule has 0 spiro atoms. The molecule has 1 aliphatic heterocycles. The van der Waals surface area contributed by atoms with Crippen molar-refractivity contribution in [1.29, 1.82) is 0 Å². The number of carbonyl (C=O) groups is 1. The third-order valence-corrected chi connectivity index (χ3v) is 5.19. The van der Waals surface area contributed by atoms with Gasteiger partial charge < -0.3 is 15.1 Å². The van der Waals surface area contributed by atoms with Crippen LogP contribution in [0.1, 0.15) is 55.8 Å². The summed E-state index contributed by atoms with van der Waals surface area (Å²) in [4.78, 5) is 25.8. The molecule has 1 saturated carbocycles. The van der Waals surface area contributed by atoms with Crippen molar-refractivity contribution < 1.29 is 4.79 Å². The van der Waals surface area contributed by atoms with Gasteiger partial charge >= 0.3 is 0 Å². The molecule has 0 atom stereocenters. The van der Waals surface area contributed by atoms with E-state index in [1.807, 2.05) is 0 Å². The van der Waals surface area contributed by atoms with Crippen LogP contribution in [0.4, 0.5) is 5.95 Å². The number of likely N-dealkylation sites (N-methyl/N-ethyl adjacent to an activating group) is 1. The van der Waals surface area contributed by atoms with Crippen LogP contribution >= 0.6 is 0 Å². The van der Waals surface area contributed by atoms with Crippen molar-refractivity contribution >= 4 is 11.9 Å². The highest BCUT2D eigenvalue weighted by Gasteiger charge is 2.19. The zero-order chi connectivity index (χ0) is 16.8. The van der Waals surface area contributed by atoms with Gasteiger partial charge in [0.2, 0.25) is 5.95 Å². The van der Waals surface area contributed by atoms with E-state index in [0.717, 1.165) is 51.5 Å². The number of anilines is 1. The van der Waals surface area contributed by atoms with Crippen LogP contribution in [0, 0.1) is 0 Å². The summed E-state index contributed by atoms with van der Waals surface area (Å²) in [5.74, 6) is 0.695. The lowest BCUT2D eigenvalue weighted by atomic mass is 10.1. The summed E-state index contributed by atoms with van der Waals surface area (Å²) in [7, 11) is 0. The fraction of sp³-hybridized carbons (Fsp3) is 0.722. The molecule has 0 radical (unpaired) electrons. The van der Waals surface area contributed by atoms with Gasteiger partial charge in [-0.2, -0.15) is 0 Å². The molecule has 1 aromatic rings. The van der Waals surface area contributed by atoms with Gasteiger partial charge in [-0.15, -0.1) is 0 Å². The van der Waals surface area contributed by atoms with Crippen molar-refractivity contribution in [3.05, 3.63) is 18.0 Å². The zero-order valence-electron chi connectivity index (χ0n) is 14.7. The van der Waals surface area contributed by atoms with Crippen molar-refractivity contribution in [2.45, 2.75) is 51.5 Å². The first kappa shape index (κ1) is 17.1. The second-order valence-corrected chi connectivity index (χ2v) is 6.85. The Hall–Kier alpha value is -1.69. The maximum atomic E-state index is 12.4. The van der Waals surface area contributed by atoms with Gasteiger partial charge in [0.05, 0.1) is 5.56 Å². The third-order valence-electron chi connectivity index (χ3n) is 5.19. The highest BCUT2D eigenvalue weighted by molar-refractivity contribution is 5.93. The molecule has 3 rings (SSSR count). The number of amides is 1. The number of rotatable bonds is 4. The number of piperazine rings is 1. The van der Waals surface area contributed by atoms with Crippen molar-refractivity contribution in [1.82, 2.24) is 20.2 Å². The SMILES string of the molecule is CCN1CCN(c2ncc(C(=O)NC3CCCCCC3)cn2)CC1. The molecular formula is C18H29N5O. The molecular weight excluding hydrogens is 302 g/mol. The van der Waals surface area contributed by atoms with E-state index in [1.54, 1.807) is 12.4 Å². The van der Waals surface area contributed by atoms with Gasteiger partial charge in [-0.25, -0.2) is 9.97 Å². The number of hydrogen-bond donors (Lipinski definition) is 1. The van der Waals surface area contributed by atoms with E-state index < -0.39 is 0 Å². The van der Waals surface area contributed by atoms with E-state index in [2.05, 4.69) is 32.0 Å². The number of nitrogens with one attached hydrogen (secondary N) is 1. The Balaban J connectivity index is 1.54. The molecule has 0 aromatic carbocycles. The van der Waals surface area contributed by atoms with Crippen LogP contribution in [0.25, 0.3) is 0 Å². The van der Waals surface area contributed by atoms with E-state index in [9.17, 15) is 4.79 Å². The molecule has 0 unspecified atom stereocenters. The summed E-state index contributed by atoms with van der Waals surface area (Å²) in [5, 5.41) is 3.15. The fourth-order valence-electron chi connectivity index (χ4n) is 3.56. The topological polar surface area (TPSA) is 61.4 Å². The van der Waals surface area contributed by atoms with Crippen molar-refractivity contribution in [3.63, 3.8) is 0 Å². The van der Waals surface area contributed by atoms with Crippen molar-refractivity contribution in [3.8, 4) is 0 Å². The molecule has 1 aromatic heterocycles. The molecule has 1 N–H and O–H groups in total. The Morgan fingerprint density at radius 1 is 1.08 bits per heavy atom. The second kappa shape index (κ2) is 8.42. The Bertz CT molecular complexity index is 517. The molecule has 6 nitrogen and oxygen atoms in total. The lowest BCUT2D eigenvalue weighted by Gasteiger charge is -2.33. The summed E-state index contributed by atoms with van der Waals surface area (Å²) < 4.78 is 0. The molecule has 1 aliphatic carbocycles. The Morgan fingerprint density at radius 3 is 2.29 bits per heavy atom. The van der Waals surface area contributed by atoms with E-state index in [-0.39, 0.29) is 5.91 Å². The first-order chi connectivity index (χ1) is 11.8. The molecule has 132 valence electrons. The van der Waals surface area contributed by atoms with E-state index in [1.165, 1.54) is 25.7 Å². The summed E-state index contributed by atoms with van der Waals surface area (Å²) in [6, 6.07) is 0.307. The quantitative estimate of drug-likeness (QED) is 0.856. The van der Waals surface area contributed by atoms with Gasteiger partial charge in [-0.05, 0) is 19.4 Å². The molecule has 1 amide bonds. The summed E-state index contributed by atoms with van der Waals surface area (Å²) in [6.45, 7) is 7.26. The largest absolute Gasteiger partial charge is 0.349 e. The van der Waals surface area contributed by atoms with Gasteiger partial charge in [0.25, 0.3) is 5.91 Å². The van der Waals surface area contributed by atoms with Crippen LogP contribution in [0.5, 0.6) is 0 Å². The minimum atomic E-state index is -0.0377. The maximum absolute atomic E-state index is 12.4. The van der Waals surface area contributed by atoms with Gasteiger partial charge in [0, 0.05) is 44.6 Å². The minimum absolute atomic E-state index is 0.0377.